The average molecular weight is 180 g/mol. The monoisotopic (exact) mass is 180 g/mol. The van der Waals surface area contributed by atoms with E-state index in [-0.39, 0.29) is 0 Å². The van der Waals surface area contributed by atoms with Crippen molar-refractivity contribution in [3.63, 3.8) is 0 Å². The molecule has 0 saturated carbocycles. The lowest BCUT2D eigenvalue weighted by Crippen LogP contribution is -1.91. The Bertz CT molecular complexity index is 390. The van der Waals surface area contributed by atoms with Gasteiger partial charge in [-0.15, -0.1) is 0 Å². The lowest BCUT2D eigenvalue weighted by atomic mass is 10.6. The van der Waals surface area contributed by atoms with E-state index in [2.05, 4.69) is 9.97 Å². The minimum atomic E-state index is 0.582. The Hall–Kier alpha value is -1.36. The summed E-state index contributed by atoms with van der Waals surface area (Å²) in [5.41, 5.74) is 5.51. The predicted molar refractivity (Wildman–Crippen MR) is 48.4 cm³/mol. The Kier molecular flexibility index (Phi) is 1.58. The molecule has 0 aliphatic heterocycles. The van der Waals surface area contributed by atoms with Gasteiger partial charge in [0, 0.05) is 12.4 Å². The number of thiazole rings is 1. The van der Waals surface area contributed by atoms with Crippen molar-refractivity contribution in [2.24, 2.45) is 0 Å². The van der Waals surface area contributed by atoms with E-state index < -0.39 is 0 Å². The molecule has 0 aliphatic carbocycles. The number of anilines is 1. The third-order valence-corrected chi connectivity index (χ3v) is 2.40. The third kappa shape index (κ3) is 1.08. The first-order chi connectivity index (χ1) is 5.77. The topological polar surface area (TPSA) is 56.7 Å². The molecule has 0 unspecified atom stereocenters. The van der Waals surface area contributed by atoms with Crippen molar-refractivity contribution < 1.29 is 0 Å². The minimum Gasteiger partial charge on any atom is -0.375 e. The molecule has 0 bridgehead atoms. The molecule has 2 aromatic rings. The Morgan fingerprint density at radius 2 is 2.33 bits per heavy atom. The van der Waals surface area contributed by atoms with Crippen LogP contribution in [0, 0.1) is 6.92 Å². The van der Waals surface area contributed by atoms with Crippen LogP contribution in [0.4, 0.5) is 5.13 Å². The molecule has 0 fully saturated rings. The van der Waals surface area contributed by atoms with Crippen LogP contribution in [0.2, 0.25) is 0 Å². The minimum absolute atomic E-state index is 0.582. The van der Waals surface area contributed by atoms with E-state index in [1.807, 2.05) is 17.7 Å². The van der Waals surface area contributed by atoms with Gasteiger partial charge in [0.1, 0.15) is 10.8 Å². The van der Waals surface area contributed by atoms with Gasteiger partial charge in [-0.25, -0.2) is 9.97 Å². The number of hydrogen-bond acceptors (Lipinski definition) is 4. The second kappa shape index (κ2) is 2.60. The second-order valence-corrected chi connectivity index (χ2v) is 3.42. The van der Waals surface area contributed by atoms with Gasteiger partial charge in [-0.05, 0) is 6.92 Å². The summed E-state index contributed by atoms with van der Waals surface area (Å²) in [5.74, 6) is 0.943. The number of hydrogen-bond donors (Lipinski definition) is 1. The Morgan fingerprint density at radius 1 is 1.50 bits per heavy atom. The first-order valence-corrected chi connectivity index (χ1v) is 4.30. The molecule has 5 heteroatoms. The molecule has 0 aromatic carbocycles. The molecule has 0 saturated heterocycles. The van der Waals surface area contributed by atoms with Crippen LogP contribution < -0.4 is 5.73 Å². The Labute approximate surface area is 73.7 Å². The summed E-state index contributed by atoms with van der Waals surface area (Å²) in [5, 5.41) is 1.58. The maximum absolute atomic E-state index is 5.51. The molecule has 0 spiro atoms. The molecule has 0 atom stereocenters. The number of nitrogen functional groups attached to an aromatic ring is 1. The highest BCUT2D eigenvalue weighted by Crippen LogP contribution is 2.19. The van der Waals surface area contributed by atoms with Crippen molar-refractivity contribution in [1.29, 1.82) is 0 Å². The van der Waals surface area contributed by atoms with Crippen LogP contribution in [0.25, 0.3) is 5.00 Å². The standard InChI is InChI=1S/C7H8N4S/c1-5-9-2-3-11(5)6-4-10-7(8)12-6/h2-4H,1H3,(H2,8,10). The van der Waals surface area contributed by atoms with Gasteiger partial charge in [-0.3, -0.25) is 4.57 Å². The molecule has 2 heterocycles. The lowest BCUT2D eigenvalue weighted by Gasteiger charge is -1.97. The maximum Gasteiger partial charge on any atom is 0.181 e. The van der Waals surface area contributed by atoms with Crippen LogP contribution in [0.3, 0.4) is 0 Å². The smallest absolute Gasteiger partial charge is 0.181 e. The molecule has 0 aliphatic rings. The Morgan fingerprint density at radius 3 is 2.83 bits per heavy atom. The highest BCUT2D eigenvalue weighted by Gasteiger charge is 2.02. The molecule has 2 N–H and O–H groups in total. The summed E-state index contributed by atoms with van der Waals surface area (Å²) in [7, 11) is 0. The van der Waals surface area contributed by atoms with Crippen LogP contribution in [0.1, 0.15) is 5.82 Å². The van der Waals surface area contributed by atoms with Gasteiger partial charge in [-0.2, -0.15) is 0 Å². The fraction of sp³-hybridized carbons (Fsp3) is 0.143. The molecular formula is C7H8N4S. The van der Waals surface area contributed by atoms with Gasteiger partial charge in [0.15, 0.2) is 5.13 Å². The molecule has 4 nitrogen and oxygen atoms in total. The highest BCUT2D eigenvalue weighted by atomic mass is 32.1. The normalized spacial score (nSPS) is 10.4. The number of aromatic nitrogens is 3. The van der Waals surface area contributed by atoms with E-state index in [9.17, 15) is 0 Å². The van der Waals surface area contributed by atoms with Gasteiger partial charge in [0.2, 0.25) is 0 Å². The maximum atomic E-state index is 5.51. The average Bonchev–Trinajstić information content (AvgIpc) is 2.58. The Balaban J connectivity index is 2.50. The highest BCUT2D eigenvalue weighted by molar-refractivity contribution is 7.17. The molecule has 12 heavy (non-hydrogen) atoms. The number of aryl methyl sites for hydroxylation is 1. The molecule has 2 aromatic heterocycles. The first-order valence-electron chi connectivity index (χ1n) is 3.49. The van der Waals surface area contributed by atoms with E-state index in [1.165, 1.54) is 11.3 Å². The summed E-state index contributed by atoms with van der Waals surface area (Å²) in [6, 6.07) is 0. The van der Waals surface area contributed by atoms with Crippen molar-refractivity contribution >= 4 is 16.5 Å². The summed E-state index contributed by atoms with van der Waals surface area (Å²) in [4.78, 5) is 8.06. The quantitative estimate of drug-likeness (QED) is 0.717. The van der Waals surface area contributed by atoms with Gasteiger partial charge in [-0.1, -0.05) is 11.3 Å². The van der Waals surface area contributed by atoms with Gasteiger partial charge < -0.3 is 5.73 Å². The van der Waals surface area contributed by atoms with E-state index in [1.54, 1.807) is 12.4 Å². The molecular weight excluding hydrogens is 172 g/mol. The van der Waals surface area contributed by atoms with Crippen LogP contribution >= 0.6 is 11.3 Å². The van der Waals surface area contributed by atoms with Crippen LogP contribution in [-0.2, 0) is 0 Å². The van der Waals surface area contributed by atoms with Crippen molar-refractivity contribution in [3.05, 3.63) is 24.4 Å². The predicted octanol–water partition coefficient (Wildman–Crippen LogP) is 1.22. The third-order valence-electron chi connectivity index (χ3n) is 1.57. The summed E-state index contributed by atoms with van der Waals surface area (Å²) < 4.78 is 1.95. The van der Waals surface area contributed by atoms with Gasteiger partial charge in [0.25, 0.3) is 0 Å². The van der Waals surface area contributed by atoms with E-state index in [0.717, 1.165) is 10.8 Å². The number of nitrogens with zero attached hydrogens (tertiary/aromatic N) is 3. The van der Waals surface area contributed by atoms with E-state index >= 15 is 0 Å². The lowest BCUT2D eigenvalue weighted by molar-refractivity contribution is 0.989. The number of nitrogens with two attached hydrogens (primary N) is 1. The molecule has 2 rings (SSSR count). The van der Waals surface area contributed by atoms with E-state index in [4.69, 9.17) is 5.73 Å². The van der Waals surface area contributed by atoms with Crippen molar-refractivity contribution in [2.45, 2.75) is 6.92 Å². The van der Waals surface area contributed by atoms with Crippen LogP contribution in [-0.4, -0.2) is 14.5 Å². The van der Waals surface area contributed by atoms with Crippen molar-refractivity contribution in [3.8, 4) is 5.00 Å². The fourth-order valence-corrected chi connectivity index (χ4v) is 1.72. The molecule has 0 amide bonds. The SMILES string of the molecule is Cc1nccn1-c1cnc(N)s1. The van der Waals surface area contributed by atoms with Crippen LogP contribution in [0.15, 0.2) is 18.6 Å². The zero-order chi connectivity index (χ0) is 8.55. The van der Waals surface area contributed by atoms with Crippen molar-refractivity contribution in [1.82, 2.24) is 14.5 Å². The van der Waals surface area contributed by atoms with E-state index in [0.29, 0.717) is 5.13 Å². The fourth-order valence-electron chi connectivity index (χ4n) is 1.00. The molecule has 62 valence electrons. The largest absolute Gasteiger partial charge is 0.375 e. The second-order valence-electron chi connectivity index (χ2n) is 2.38. The number of rotatable bonds is 1. The summed E-state index contributed by atoms with van der Waals surface area (Å²) in [6.45, 7) is 1.94. The van der Waals surface area contributed by atoms with Crippen molar-refractivity contribution in [2.75, 3.05) is 5.73 Å². The van der Waals surface area contributed by atoms with Gasteiger partial charge in [0.05, 0.1) is 6.20 Å². The first kappa shape index (κ1) is 7.30. The molecule has 0 radical (unpaired) electrons. The zero-order valence-electron chi connectivity index (χ0n) is 6.56. The van der Waals surface area contributed by atoms with Gasteiger partial charge >= 0.3 is 0 Å². The van der Waals surface area contributed by atoms with Crippen LogP contribution in [0.5, 0.6) is 0 Å². The summed E-state index contributed by atoms with van der Waals surface area (Å²) >= 11 is 1.45. The summed E-state index contributed by atoms with van der Waals surface area (Å²) in [6.07, 6.45) is 5.39. The number of imidazole rings is 1. The zero-order valence-corrected chi connectivity index (χ0v) is 7.38.